The molecule has 0 spiro atoms. The number of nitrogens with one attached hydrogen (secondary N) is 1. The Morgan fingerprint density at radius 1 is 0.919 bits per heavy atom. The van der Waals surface area contributed by atoms with Crippen molar-refractivity contribution in [2.24, 2.45) is 0 Å². The van der Waals surface area contributed by atoms with Crippen molar-refractivity contribution in [3.63, 3.8) is 0 Å². The smallest absolute Gasteiger partial charge is 0.258 e. The van der Waals surface area contributed by atoms with Crippen LogP contribution in [0.3, 0.4) is 0 Å². The fourth-order valence-electron chi connectivity index (χ4n) is 3.95. The van der Waals surface area contributed by atoms with Crippen molar-refractivity contribution in [3.8, 4) is 11.4 Å². The Balaban J connectivity index is 1.63. The zero-order chi connectivity index (χ0) is 26.4. The molecule has 0 aliphatic carbocycles. The molecule has 0 bridgehead atoms. The Kier molecular flexibility index (Phi) is 7.72. The Labute approximate surface area is 217 Å². The molecule has 0 fully saturated rings. The number of nitrogens with zero attached hydrogens (tertiary/aromatic N) is 3. The maximum atomic E-state index is 13.6. The van der Waals surface area contributed by atoms with Gasteiger partial charge in [0.25, 0.3) is 5.91 Å². The van der Waals surface area contributed by atoms with Crippen molar-refractivity contribution in [1.82, 2.24) is 14.7 Å². The normalized spacial score (nSPS) is 11.1. The maximum Gasteiger partial charge on any atom is 0.258 e. The number of hydrogen-bond acceptors (Lipinski definition) is 4. The largest absolute Gasteiger partial charge is 0.496 e. The molecule has 0 radical (unpaired) electrons. The highest BCUT2D eigenvalue weighted by Crippen LogP contribution is 2.26. The minimum Gasteiger partial charge on any atom is -0.496 e. The van der Waals surface area contributed by atoms with Gasteiger partial charge in [-0.3, -0.25) is 9.59 Å². The highest BCUT2D eigenvalue weighted by molar-refractivity contribution is 6.00. The third-order valence-electron chi connectivity index (χ3n) is 5.92. The molecule has 4 aromatic rings. The average Bonchev–Trinajstić information content (AvgIpc) is 3.33. The number of carbonyl (C=O) groups excluding carboxylic acids is 2. The zero-order valence-corrected chi connectivity index (χ0v) is 21.6. The van der Waals surface area contributed by atoms with E-state index in [9.17, 15) is 9.59 Å². The first-order valence-corrected chi connectivity index (χ1v) is 12.2. The van der Waals surface area contributed by atoms with Crippen molar-refractivity contribution < 1.29 is 14.3 Å². The number of para-hydroxylation sites is 2. The summed E-state index contributed by atoms with van der Waals surface area (Å²) < 4.78 is 7.13. The molecule has 7 nitrogen and oxygen atoms in total. The van der Waals surface area contributed by atoms with Crippen molar-refractivity contribution in [1.29, 1.82) is 0 Å². The van der Waals surface area contributed by atoms with E-state index in [-0.39, 0.29) is 30.3 Å². The van der Waals surface area contributed by atoms with Gasteiger partial charge in [-0.05, 0) is 29.8 Å². The second kappa shape index (κ2) is 11.1. The lowest BCUT2D eigenvalue weighted by atomic mass is 9.92. The molecule has 190 valence electrons. The van der Waals surface area contributed by atoms with Crippen LogP contribution in [0.15, 0.2) is 91.0 Å². The number of methoxy groups -OCH3 is 1. The van der Waals surface area contributed by atoms with Gasteiger partial charge < -0.3 is 15.0 Å². The van der Waals surface area contributed by atoms with Crippen LogP contribution in [0.4, 0.5) is 5.82 Å². The van der Waals surface area contributed by atoms with E-state index < -0.39 is 0 Å². The van der Waals surface area contributed by atoms with E-state index in [2.05, 4.69) is 26.1 Å². The van der Waals surface area contributed by atoms with Gasteiger partial charge in [0.1, 0.15) is 18.1 Å². The molecule has 0 atom stereocenters. The predicted octanol–water partition coefficient (Wildman–Crippen LogP) is 5.46. The molecule has 0 aliphatic rings. The molecule has 4 rings (SSSR count). The van der Waals surface area contributed by atoms with E-state index in [0.29, 0.717) is 17.1 Å². The number of amides is 2. The summed E-state index contributed by atoms with van der Waals surface area (Å²) in [5, 5.41) is 7.75. The second-order valence-corrected chi connectivity index (χ2v) is 9.81. The first-order chi connectivity index (χ1) is 17.8. The predicted molar refractivity (Wildman–Crippen MR) is 145 cm³/mol. The highest BCUT2D eigenvalue weighted by atomic mass is 16.5. The summed E-state index contributed by atoms with van der Waals surface area (Å²) in [7, 11) is 1.53. The average molecular weight is 497 g/mol. The molecule has 0 saturated heterocycles. The molecular formula is C30H32N4O3. The van der Waals surface area contributed by atoms with Crippen LogP contribution in [0.2, 0.25) is 0 Å². The van der Waals surface area contributed by atoms with Crippen LogP contribution in [0, 0.1) is 0 Å². The molecule has 0 unspecified atom stereocenters. The van der Waals surface area contributed by atoms with Gasteiger partial charge in [0.2, 0.25) is 5.91 Å². The number of aromatic nitrogens is 2. The maximum absolute atomic E-state index is 13.6. The molecule has 1 aromatic heterocycles. The summed E-state index contributed by atoms with van der Waals surface area (Å²) in [5.41, 5.74) is 2.79. The minimum atomic E-state index is -0.322. The minimum absolute atomic E-state index is 0.142. The molecule has 1 heterocycles. The number of anilines is 1. The Hall–Kier alpha value is -4.39. The summed E-state index contributed by atoms with van der Waals surface area (Å²) >= 11 is 0. The van der Waals surface area contributed by atoms with Crippen molar-refractivity contribution in [2.75, 3.05) is 19.0 Å². The number of benzene rings is 3. The SMILES string of the molecule is COc1ccccc1C(=O)N(CC(=O)Nc1cc(C(C)(C)C)nn1-c1ccccc1)Cc1ccccc1. The molecule has 37 heavy (non-hydrogen) atoms. The lowest BCUT2D eigenvalue weighted by Gasteiger charge is -2.23. The van der Waals surface area contributed by atoms with E-state index >= 15 is 0 Å². The molecule has 3 aromatic carbocycles. The first kappa shape index (κ1) is 25.7. The third kappa shape index (κ3) is 6.25. The standard InChI is InChI=1S/C30H32N4O3/c1-30(2,3)26-19-27(34(32-26)23-15-9-6-10-16-23)31-28(35)21-33(20-22-13-7-5-8-14-22)29(36)24-17-11-12-18-25(24)37-4/h5-19H,20-21H2,1-4H3,(H,31,35). The summed E-state index contributed by atoms with van der Waals surface area (Å²) in [6.45, 7) is 6.35. The van der Waals surface area contributed by atoms with Crippen molar-refractivity contribution in [3.05, 3.63) is 108 Å². The van der Waals surface area contributed by atoms with E-state index in [1.807, 2.05) is 66.7 Å². The second-order valence-electron chi connectivity index (χ2n) is 9.81. The monoisotopic (exact) mass is 496 g/mol. The van der Waals surface area contributed by atoms with Gasteiger partial charge in [-0.1, -0.05) is 81.4 Å². The molecule has 2 amide bonds. The summed E-state index contributed by atoms with van der Waals surface area (Å²) in [6, 6.07) is 28.2. The van der Waals surface area contributed by atoms with Crippen LogP contribution in [0.5, 0.6) is 5.75 Å². The number of hydrogen-bond donors (Lipinski definition) is 1. The van der Waals surface area contributed by atoms with Gasteiger partial charge in [0.15, 0.2) is 0 Å². The van der Waals surface area contributed by atoms with Gasteiger partial charge in [0.05, 0.1) is 24.1 Å². The van der Waals surface area contributed by atoms with Crippen molar-refractivity contribution in [2.45, 2.75) is 32.7 Å². The van der Waals surface area contributed by atoms with Crippen LogP contribution in [-0.2, 0) is 16.8 Å². The van der Waals surface area contributed by atoms with Gasteiger partial charge in [0, 0.05) is 18.0 Å². The van der Waals surface area contributed by atoms with E-state index in [1.54, 1.807) is 28.9 Å². The molecule has 0 aliphatic heterocycles. The van der Waals surface area contributed by atoms with Gasteiger partial charge in [-0.25, -0.2) is 4.68 Å². The number of rotatable bonds is 8. The van der Waals surface area contributed by atoms with Crippen LogP contribution in [0.25, 0.3) is 5.69 Å². The van der Waals surface area contributed by atoms with Crippen LogP contribution >= 0.6 is 0 Å². The van der Waals surface area contributed by atoms with E-state index in [0.717, 1.165) is 16.9 Å². The fourth-order valence-corrected chi connectivity index (χ4v) is 3.95. The third-order valence-corrected chi connectivity index (χ3v) is 5.92. The Bertz CT molecular complexity index is 1360. The lowest BCUT2D eigenvalue weighted by Crippen LogP contribution is -2.38. The first-order valence-electron chi connectivity index (χ1n) is 12.2. The molecule has 7 heteroatoms. The summed E-state index contributed by atoms with van der Waals surface area (Å²) in [6.07, 6.45) is 0. The highest BCUT2D eigenvalue weighted by Gasteiger charge is 2.25. The Morgan fingerprint density at radius 2 is 1.54 bits per heavy atom. The van der Waals surface area contributed by atoms with Crippen LogP contribution < -0.4 is 10.1 Å². The summed E-state index contributed by atoms with van der Waals surface area (Å²) in [4.78, 5) is 28.5. The Morgan fingerprint density at radius 3 is 2.19 bits per heavy atom. The van der Waals surface area contributed by atoms with Gasteiger partial charge in [-0.2, -0.15) is 5.10 Å². The summed E-state index contributed by atoms with van der Waals surface area (Å²) in [5.74, 6) is 0.397. The fraction of sp³-hybridized carbons (Fsp3) is 0.233. The number of ether oxygens (including phenoxy) is 1. The molecule has 0 saturated carbocycles. The van der Waals surface area contributed by atoms with Crippen LogP contribution in [0.1, 0.15) is 42.4 Å². The van der Waals surface area contributed by atoms with Crippen LogP contribution in [-0.4, -0.2) is 40.1 Å². The van der Waals surface area contributed by atoms with E-state index in [4.69, 9.17) is 9.84 Å². The number of carbonyl (C=O) groups is 2. The topological polar surface area (TPSA) is 76.5 Å². The van der Waals surface area contributed by atoms with Gasteiger partial charge in [-0.15, -0.1) is 0 Å². The van der Waals surface area contributed by atoms with Crippen molar-refractivity contribution >= 4 is 17.6 Å². The molecule has 1 N–H and O–H groups in total. The zero-order valence-electron chi connectivity index (χ0n) is 21.6. The molecular weight excluding hydrogens is 464 g/mol. The van der Waals surface area contributed by atoms with E-state index in [1.165, 1.54) is 12.0 Å². The quantitative estimate of drug-likeness (QED) is 0.351. The lowest BCUT2D eigenvalue weighted by molar-refractivity contribution is -0.117. The van der Waals surface area contributed by atoms with Gasteiger partial charge >= 0.3 is 0 Å².